The number of carbonyl (C=O) groups is 2. The highest BCUT2D eigenvalue weighted by molar-refractivity contribution is 7.17. The van der Waals surface area contributed by atoms with E-state index in [1.165, 1.54) is 16.2 Å². The number of thiophene rings is 1. The summed E-state index contributed by atoms with van der Waals surface area (Å²) in [5, 5.41) is 3.55. The summed E-state index contributed by atoms with van der Waals surface area (Å²) < 4.78 is 5.23. The van der Waals surface area contributed by atoms with Crippen LogP contribution in [-0.2, 0) is 17.6 Å². The summed E-state index contributed by atoms with van der Waals surface area (Å²) in [5.74, 6) is -0.551. The van der Waals surface area contributed by atoms with Gasteiger partial charge in [0.1, 0.15) is 5.00 Å². The van der Waals surface area contributed by atoms with Crippen LogP contribution >= 0.6 is 11.3 Å². The molecule has 1 heterocycles. The zero-order chi connectivity index (χ0) is 18.7. The summed E-state index contributed by atoms with van der Waals surface area (Å²) in [4.78, 5) is 28.3. The van der Waals surface area contributed by atoms with Crippen molar-refractivity contribution in [3.05, 3.63) is 45.8 Å². The third kappa shape index (κ3) is 3.75. The van der Waals surface area contributed by atoms with E-state index in [-0.39, 0.29) is 11.9 Å². The Morgan fingerprint density at radius 2 is 1.85 bits per heavy atom. The minimum Gasteiger partial charge on any atom is -0.462 e. The molecular weight excluding hydrogens is 348 g/mol. The van der Waals surface area contributed by atoms with Gasteiger partial charge in [0.25, 0.3) is 5.91 Å². The molecule has 0 fully saturated rings. The van der Waals surface area contributed by atoms with Gasteiger partial charge in [-0.25, -0.2) is 4.79 Å². The van der Waals surface area contributed by atoms with Crippen LogP contribution in [0.4, 0.5) is 10.7 Å². The van der Waals surface area contributed by atoms with Gasteiger partial charge in [-0.3, -0.25) is 4.79 Å². The van der Waals surface area contributed by atoms with Gasteiger partial charge in [-0.1, -0.05) is 0 Å². The normalized spacial score (nSPS) is 13.0. The summed E-state index contributed by atoms with van der Waals surface area (Å²) >= 11 is 1.51. The Morgan fingerprint density at radius 3 is 2.50 bits per heavy atom. The summed E-state index contributed by atoms with van der Waals surface area (Å²) in [6, 6.07) is 7.39. The van der Waals surface area contributed by atoms with Gasteiger partial charge in [0.2, 0.25) is 0 Å². The van der Waals surface area contributed by atoms with E-state index in [0.717, 1.165) is 36.9 Å². The van der Waals surface area contributed by atoms with Gasteiger partial charge in [0.15, 0.2) is 0 Å². The van der Waals surface area contributed by atoms with Gasteiger partial charge < -0.3 is 15.0 Å². The Bertz CT molecular complexity index is 809. The number of rotatable bonds is 5. The van der Waals surface area contributed by atoms with Crippen molar-refractivity contribution in [3.8, 4) is 0 Å². The average molecular weight is 372 g/mol. The van der Waals surface area contributed by atoms with Crippen LogP contribution in [0.1, 0.15) is 50.9 Å². The molecule has 138 valence electrons. The van der Waals surface area contributed by atoms with E-state index in [2.05, 4.69) is 5.32 Å². The highest BCUT2D eigenvalue weighted by atomic mass is 32.1. The molecule has 0 atom stereocenters. The first kappa shape index (κ1) is 18.5. The van der Waals surface area contributed by atoms with E-state index in [0.29, 0.717) is 22.7 Å². The number of anilines is 2. The smallest absolute Gasteiger partial charge is 0.341 e. The van der Waals surface area contributed by atoms with E-state index < -0.39 is 0 Å². The van der Waals surface area contributed by atoms with E-state index >= 15 is 0 Å². The third-order valence-electron chi connectivity index (χ3n) is 4.52. The monoisotopic (exact) mass is 372 g/mol. The summed E-state index contributed by atoms with van der Waals surface area (Å²) in [6.45, 7) is 2.12. The van der Waals surface area contributed by atoms with E-state index in [4.69, 9.17) is 4.74 Å². The molecule has 1 amide bonds. The maximum atomic E-state index is 12.7. The van der Waals surface area contributed by atoms with Crippen LogP contribution in [0.5, 0.6) is 0 Å². The Labute approximate surface area is 158 Å². The van der Waals surface area contributed by atoms with E-state index in [1.54, 1.807) is 19.1 Å². The molecule has 3 rings (SSSR count). The lowest BCUT2D eigenvalue weighted by Crippen LogP contribution is -2.16. The largest absolute Gasteiger partial charge is 0.462 e. The predicted octanol–water partition coefficient (Wildman–Crippen LogP) is 4.12. The number of hydrogen-bond acceptors (Lipinski definition) is 5. The molecule has 0 unspecified atom stereocenters. The van der Waals surface area contributed by atoms with Gasteiger partial charge in [-0.15, -0.1) is 11.3 Å². The minimum atomic E-state index is -0.342. The van der Waals surface area contributed by atoms with Crippen molar-refractivity contribution in [2.45, 2.75) is 32.6 Å². The molecule has 0 saturated heterocycles. The molecular formula is C20H24N2O3S. The summed E-state index contributed by atoms with van der Waals surface area (Å²) in [6.07, 6.45) is 4.01. The van der Waals surface area contributed by atoms with Crippen LogP contribution in [0.15, 0.2) is 24.3 Å². The lowest BCUT2D eigenvalue weighted by atomic mass is 9.95. The van der Waals surface area contributed by atoms with Gasteiger partial charge in [0.05, 0.1) is 12.2 Å². The van der Waals surface area contributed by atoms with Crippen molar-refractivity contribution in [1.29, 1.82) is 0 Å². The lowest BCUT2D eigenvalue weighted by Gasteiger charge is -2.13. The van der Waals surface area contributed by atoms with E-state index in [9.17, 15) is 9.59 Å². The van der Waals surface area contributed by atoms with Crippen molar-refractivity contribution in [2.75, 3.05) is 30.9 Å². The Balaban J connectivity index is 1.87. The van der Waals surface area contributed by atoms with Crippen LogP contribution < -0.4 is 10.2 Å². The first-order chi connectivity index (χ1) is 12.5. The van der Waals surface area contributed by atoms with Gasteiger partial charge in [-0.2, -0.15) is 0 Å². The fourth-order valence-corrected chi connectivity index (χ4v) is 4.43. The molecule has 1 aliphatic carbocycles. The van der Waals surface area contributed by atoms with Gasteiger partial charge in [0, 0.05) is 30.2 Å². The van der Waals surface area contributed by atoms with Crippen LogP contribution in [0.25, 0.3) is 0 Å². The lowest BCUT2D eigenvalue weighted by molar-refractivity contribution is 0.0526. The second-order valence-electron chi connectivity index (χ2n) is 6.53. The van der Waals surface area contributed by atoms with Crippen molar-refractivity contribution in [3.63, 3.8) is 0 Å². The number of amides is 1. The molecule has 0 spiro atoms. The molecule has 0 bridgehead atoms. The highest BCUT2D eigenvalue weighted by Gasteiger charge is 2.27. The molecule has 1 aromatic carbocycles. The van der Waals surface area contributed by atoms with Crippen molar-refractivity contribution in [2.24, 2.45) is 0 Å². The summed E-state index contributed by atoms with van der Waals surface area (Å²) in [7, 11) is 3.91. The zero-order valence-electron chi connectivity index (χ0n) is 15.4. The molecule has 0 radical (unpaired) electrons. The highest BCUT2D eigenvalue weighted by Crippen LogP contribution is 2.38. The Kier molecular flexibility index (Phi) is 5.61. The fourth-order valence-electron chi connectivity index (χ4n) is 3.16. The van der Waals surface area contributed by atoms with Crippen molar-refractivity contribution >= 4 is 33.9 Å². The Morgan fingerprint density at radius 1 is 1.15 bits per heavy atom. The number of fused-ring (bicyclic) bond motifs is 1. The molecule has 0 saturated carbocycles. The molecule has 1 aliphatic rings. The van der Waals surface area contributed by atoms with Crippen LogP contribution in [0.3, 0.4) is 0 Å². The van der Waals surface area contributed by atoms with Crippen molar-refractivity contribution < 1.29 is 14.3 Å². The third-order valence-corrected chi connectivity index (χ3v) is 5.73. The van der Waals surface area contributed by atoms with Crippen LogP contribution in [0, 0.1) is 0 Å². The number of nitrogens with one attached hydrogen (secondary N) is 1. The second-order valence-corrected chi connectivity index (χ2v) is 7.64. The second kappa shape index (κ2) is 7.91. The Hall–Kier alpha value is -2.34. The van der Waals surface area contributed by atoms with E-state index in [1.807, 2.05) is 31.1 Å². The molecule has 1 N–H and O–H groups in total. The molecule has 5 nitrogen and oxygen atoms in total. The summed E-state index contributed by atoms with van der Waals surface area (Å²) in [5.41, 5.74) is 3.19. The van der Waals surface area contributed by atoms with Crippen LogP contribution in [-0.4, -0.2) is 32.6 Å². The average Bonchev–Trinajstić information content (AvgIpc) is 2.99. The first-order valence-electron chi connectivity index (χ1n) is 8.91. The van der Waals surface area contributed by atoms with Crippen LogP contribution in [0.2, 0.25) is 0 Å². The standard InChI is InChI=1S/C20H24N2O3S/c1-4-25-20(24)17-15-7-5-6-8-16(15)26-19(17)21-18(23)13-9-11-14(12-10-13)22(2)3/h9-12H,4-8H2,1-3H3,(H,21,23). The fraction of sp³-hybridized carbons (Fsp3) is 0.400. The molecule has 1 aromatic heterocycles. The predicted molar refractivity (Wildman–Crippen MR) is 106 cm³/mol. The van der Waals surface area contributed by atoms with Gasteiger partial charge >= 0.3 is 5.97 Å². The van der Waals surface area contributed by atoms with Crippen molar-refractivity contribution in [1.82, 2.24) is 0 Å². The number of carbonyl (C=O) groups excluding carboxylic acids is 2. The maximum absolute atomic E-state index is 12.7. The number of hydrogen-bond donors (Lipinski definition) is 1. The SMILES string of the molecule is CCOC(=O)c1c(NC(=O)c2ccc(N(C)C)cc2)sc2c1CCCC2. The minimum absolute atomic E-state index is 0.209. The molecule has 2 aromatic rings. The topological polar surface area (TPSA) is 58.6 Å². The number of ether oxygens (including phenoxy) is 1. The number of aryl methyl sites for hydroxylation is 1. The molecule has 26 heavy (non-hydrogen) atoms. The number of nitrogens with zero attached hydrogens (tertiary/aromatic N) is 1. The number of benzene rings is 1. The maximum Gasteiger partial charge on any atom is 0.341 e. The number of esters is 1. The van der Waals surface area contributed by atoms with Gasteiger partial charge in [-0.05, 0) is 62.4 Å². The zero-order valence-corrected chi connectivity index (χ0v) is 16.2. The molecule has 0 aliphatic heterocycles. The molecule has 6 heteroatoms. The quantitative estimate of drug-likeness (QED) is 0.802. The first-order valence-corrected chi connectivity index (χ1v) is 9.73.